The lowest BCUT2D eigenvalue weighted by atomic mass is 9.81. The van der Waals surface area contributed by atoms with Crippen molar-refractivity contribution in [3.63, 3.8) is 0 Å². The molecule has 1 amide bonds. The molecule has 2 aliphatic rings. The van der Waals surface area contributed by atoms with Crippen molar-refractivity contribution in [2.45, 2.75) is 96.6 Å². The second-order valence-corrected chi connectivity index (χ2v) is 11.2. The predicted molar refractivity (Wildman–Crippen MR) is 121 cm³/mol. The van der Waals surface area contributed by atoms with Gasteiger partial charge >= 0.3 is 5.97 Å². The molecule has 3 rings (SSSR count). The van der Waals surface area contributed by atoms with Crippen LogP contribution < -0.4 is 4.90 Å². The van der Waals surface area contributed by atoms with Crippen molar-refractivity contribution in [2.75, 3.05) is 12.0 Å². The van der Waals surface area contributed by atoms with Gasteiger partial charge in [-0.15, -0.1) is 11.3 Å². The second kappa shape index (κ2) is 9.39. The van der Waals surface area contributed by atoms with Crippen LogP contribution in [-0.4, -0.2) is 36.2 Å². The summed E-state index contributed by atoms with van der Waals surface area (Å²) >= 11 is 1.44. The molecule has 0 unspecified atom stereocenters. The van der Waals surface area contributed by atoms with Crippen LogP contribution in [0.15, 0.2) is 6.07 Å². The number of aliphatic hydroxyl groups excluding tert-OH is 1. The van der Waals surface area contributed by atoms with E-state index < -0.39 is 0 Å². The number of carbonyl (C=O) groups is 2. The molecule has 2 aliphatic carbocycles. The largest absolute Gasteiger partial charge is 0.465 e. The molecule has 0 spiro atoms. The third kappa shape index (κ3) is 5.08. The molecule has 2 saturated carbocycles. The van der Waals surface area contributed by atoms with Gasteiger partial charge in [-0.1, -0.05) is 27.7 Å². The lowest BCUT2D eigenvalue weighted by molar-refractivity contribution is -0.124. The standard InChI is InChI=1S/C24H37NO4S/c1-15-6-8-16(9-7-15)22(27)25(17-10-12-18(26)13-11-17)19-14-20(24(2,3)4)30-21(19)23(28)29-5/h14-18,26H,6-13H2,1-5H3/t15-,16-,17-,18-. The van der Waals surface area contributed by atoms with Gasteiger partial charge in [-0.25, -0.2) is 4.79 Å². The Hall–Kier alpha value is -1.40. The smallest absolute Gasteiger partial charge is 0.350 e. The molecule has 30 heavy (non-hydrogen) atoms. The summed E-state index contributed by atoms with van der Waals surface area (Å²) in [5.41, 5.74) is 0.588. The molecular weight excluding hydrogens is 398 g/mol. The molecule has 0 bridgehead atoms. The van der Waals surface area contributed by atoms with Gasteiger partial charge < -0.3 is 14.7 Å². The fraction of sp³-hybridized carbons (Fsp3) is 0.750. The van der Waals surface area contributed by atoms with E-state index in [2.05, 4.69) is 27.7 Å². The molecule has 1 aromatic rings. The highest BCUT2D eigenvalue weighted by Crippen LogP contribution is 2.42. The van der Waals surface area contributed by atoms with Crippen molar-refractivity contribution in [2.24, 2.45) is 11.8 Å². The average Bonchev–Trinajstić information content (AvgIpc) is 3.15. The normalized spacial score (nSPS) is 27.5. The maximum Gasteiger partial charge on any atom is 0.350 e. The van der Waals surface area contributed by atoms with Gasteiger partial charge in [0.2, 0.25) is 5.91 Å². The number of amides is 1. The summed E-state index contributed by atoms with van der Waals surface area (Å²) in [5.74, 6) is 0.450. The van der Waals surface area contributed by atoms with E-state index in [0.29, 0.717) is 29.3 Å². The van der Waals surface area contributed by atoms with Crippen LogP contribution in [0.2, 0.25) is 0 Å². The van der Waals surface area contributed by atoms with Gasteiger partial charge in [-0.05, 0) is 68.8 Å². The first-order chi connectivity index (χ1) is 14.1. The number of ether oxygens (including phenoxy) is 1. The fourth-order valence-corrected chi connectivity index (χ4v) is 5.81. The Balaban J connectivity index is 2.02. The lowest BCUT2D eigenvalue weighted by Gasteiger charge is -2.39. The number of methoxy groups -OCH3 is 1. The van der Waals surface area contributed by atoms with Gasteiger partial charge in [0.05, 0.1) is 18.9 Å². The number of anilines is 1. The molecule has 0 saturated heterocycles. The van der Waals surface area contributed by atoms with Crippen LogP contribution in [0.3, 0.4) is 0 Å². The number of carbonyl (C=O) groups excluding carboxylic acids is 2. The first-order valence-electron chi connectivity index (χ1n) is 11.4. The Morgan fingerprint density at radius 2 is 1.67 bits per heavy atom. The average molecular weight is 436 g/mol. The van der Waals surface area contributed by atoms with Crippen molar-refractivity contribution >= 4 is 28.9 Å². The molecular formula is C24H37NO4S. The minimum absolute atomic E-state index is 0.0107. The number of aliphatic hydroxyl groups is 1. The monoisotopic (exact) mass is 435 g/mol. The summed E-state index contributed by atoms with van der Waals surface area (Å²) in [7, 11) is 1.40. The Kier molecular flexibility index (Phi) is 7.28. The molecule has 0 aromatic carbocycles. The summed E-state index contributed by atoms with van der Waals surface area (Å²) in [5, 5.41) is 10.0. The SMILES string of the molecule is COC(=O)c1sc(C(C)(C)C)cc1N(C(=O)[C@H]1CC[C@H](C)CC1)[C@H]1CC[C@H](O)CC1. The highest BCUT2D eigenvalue weighted by Gasteiger charge is 2.38. The van der Waals surface area contributed by atoms with Crippen LogP contribution in [-0.2, 0) is 14.9 Å². The van der Waals surface area contributed by atoms with Crippen LogP contribution in [0.1, 0.15) is 93.6 Å². The first-order valence-corrected chi connectivity index (χ1v) is 12.2. The summed E-state index contributed by atoms with van der Waals surface area (Å²) in [6, 6.07) is 2.05. The van der Waals surface area contributed by atoms with Crippen molar-refractivity contribution in [3.8, 4) is 0 Å². The van der Waals surface area contributed by atoms with E-state index >= 15 is 0 Å². The third-order valence-electron chi connectivity index (χ3n) is 6.72. The predicted octanol–water partition coefficient (Wildman–Crippen LogP) is 5.30. The number of esters is 1. The minimum atomic E-state index is -0.378. The highest BCUT2D eigenvalue weighted by molar-refractivity contribution is 7.14. The van der Waals surface area contributed by atoms with Crippen molar-refractivity contribution in [3.05, 3.63) is 15.8 Å². The Morgan fingerprint density at radius 3 is 2.20 bits per heavy atom. The zero-order valence-electron chi connectivity index (χ0n) is 19.1. The summed E-state index contributed by atoms with van der Waals surface area (Å²) < 4.78 is 5.09. The molecule has 6 heteroatoms. The second-order valence-electron chi connectivity index (χ2n) is 10.2. The zero-order valence-corrected chi connectivity index (χ0v) is 19.9. The summed E-state index contributed by atoms with van der Waals surface area (Å²) in [6.45, 7) is 8.62. The lowest BCUT2D eigenvalue weighted by Crippen LogP contribution is -2.47. The van der Waals surface area contributed by atoms with E-state index in [1.165, 1.54) is 18.4 Å². The number of thiophene rings is 1. The number of hydrogen-bond donors (Lipinski definition) is 1. The van der Waals surface area contributed by atoms with Gasteiger partial charge in [-0.2, -0.15) is 0 Å². The Labute approximate surface area is 184 Å². The van der Waals surface area contributed by atoms with E-state index in [0.717, 1.165) is 43.4 Å². The number of hydrogen-bond acceptors (Lipinski definition) is 5. The van der Waals surface area contributed by atoms with E-state index in [4.69, 9.17) is 4.74 Å². The van der Waals surface area contributed by atoms with E-state index in [9.17, 15) is 14.7 Å². The molecule has 1 aromatic heterocycles. The van der Waals surface area contributed by atoms with E-state index in [1.807, 2.05) is 11.0 Å². The van der Waals surface area contributed by atoms with Crippen molar-refractivity contribution in [1.29, 1.82) is 0 Å². The van der Waals surface area contributed by atoms with Crippen molar-refractivity contribution in [1.82, 2.24) is 0 Å². The number of rotatable bonds is 4. The van der Waals surface area contributed by atoms with Crippen molar-refractivity contribution < 1.29 is 19.4 Å². The maximum absolute atomic E-state index is 13.8. The molecule has 2 fully saturated rings. The van der Waals surface area contributed by atoms with Crippen LogP contribution in [0.5, 0.6) is 0 Å². The van der Waals surface area contributed by atoms with Gasteiger partial charge in [0.25, 0.3) is 0 Å². The quantitative estimate of drug-likeness (QED) is 0.652. The first kappa shape index (κ1) is 23.3. The molecule has 1 heterocycles. The fourth-order valence-electron chi connectivity index (χ4n) is 4.68. The molecule has 5 nitrogen and oxygen atoms in total. The van der Waals surface area contributed by atoms with Crippen LogP contribution in [0, 0.1) is 11.8 Å². The van der Waals surface area contributed by atoms with Crippen LogP contribution in [0.25, 0.3) is 0 Å². The molecule has 0 aliphatic heterocycles. The molecule has 168 valence electrons. The molecule has 0 radical (unpaired) electrons. The van der Waals surface area contributed by atoms with Crippen LogP contribution in [0.4, 0.5) is 5.69 Å². The van der Waals surface area contributed by atoms with E-state index in [-0.39, 0.29) is 35.4 Å². The van der Waals surface area contributed by atoms with Gasteiger partial charge in [0, 0.05) is 16.8 Å². The highest BCUT2D eigenvalue weighted by atomic mass is 32.1. The van der Waals surface area contributed by atoms with Gasteiger partial charge in [0.15, 0.2) is 0 Å². The van der Waals surface area contributed by atoms with E-state index in [1.54, 1.807) is 0 Å². The third-order valence-corrected chi connectivity index (χ3v) is 8.25. The Bertz CT molecular complexity index is 750. The number of nitrogens with zero attached hydrogens (tertiary/aromatic N) is 1. The summed E-state index contributed by atoms with van der Waals surface area (Å²) in [6.07, 6.45) is 6.60. The van der Waals surface area contributed by atoms with Gasteiger partial charge in [-0.3, -0.25) is 4.79 Å². The van der Waals surface area contributed by atoms with Crippen LogP contribution >= 0.6 is 11.3 Å². The zero-order chi connectivity index (χ0) is 22.1. The molecule has 1 N–H and O–H groups in total. The minimum Gasteiger partial charge on any atom is -0.465 e. The maximum atomic E-state index is 13.8. The summed E-state index contributed by atoms with van der Waals surface area (Å²) in [4.78, 5) is 30.0. The van der Waals surface area contributed by atoms with Gasteiger partial charge in [0.1, 0.15) is 4.88 Å². The molecule has 0 atom stereocenters. The topological polar surface area (TPSA) is 66.8 Å². The Morgan fingerprint density at radius 1 is 1.07 bits per heavy atom.